The Morgan fingerprint density at radius 2 is 1.59 bits per heavy atom. The van der Waals surface area contributed by atoms with Crippen LogP contribution in [-0.4, -0.2) is 69.3 Å². The van der Waals surface area contributed by atoms with E-state index in [-0.39, 0.29) is 24.6 Å². The Morgan fingerprint density at radius 3 is 2.10 bits per heavy atom. The molecule has 0 radical (unpaired) electrons. The van der Waals surface area contributed by atoms with Crippen LogP contribution in [0.3, 0.4) is 0 Å². The average Bonchev–Trinajstić information content (AvgIpc) is 2.91. The molecule has 10 heteroatoms. The number of amides is 3. The van der Waals surface area contributed by atoms with Gasteiger partial charge in [0.1, 0.15) is 12.1 Å². The minimum absolute atomic E-state index is 0.0368. The summed E-state index contributed by atoms with van der Waals surface area (Å²) >= 11 is 0. The van der Waals surface area contributed by atoms with Gasteiger partial charge in [0.05, 0.1) is 18.4 Å². The van der Waals surface area contributed by atoms with Gasteiger partial charge in [0, 0.05) is 13.1 Å². The van der Waals surface area contributed by atoms with Crippen LogP contribution >= 0.6 is 0 Å². The highest BCUT2D eigenvalue weighted by Gasteiger charge is 2.54. The largest absolute Gasteiger partial charge is 0.459 e. The zero-order valence-electron chi connectivity index (χ0n) is 24.4. The highest BCUT2D eigenvalue weighted by molar-refractivity contribution is 5.98. The quantitative estimate of drug-likeness (QED) is 0.332. The molecule has 41 heavy (non-hydrogen) atoms. The molecule has 0 spiro atoms. The fourth-order valence-electron chi connectivity index (χ4n) is 4.87. The number of carbonyl (C=O) groups is 4. The Hall–Kier alpha value is -4.18. The number of aliphatic hydroxyl groups is 1. The van der Waals surface area contributed by atoms with Gasteiger partial charge in [-0.25, -0.2) is 9.59 Å². The van der Waals surface area contributed by atoms with Crippen LogP contribution in [-0.2, 0) is 30.3 Å². The van der Waals surface area contributed by atoms with Gasteiger partial charge < -0.3 is 19.9 Å². The summed E-state index contributed by atoms with van der Waals surface area (Å²) in [5, 5.41) is 14.5. The number of hydrogen-bond acceptors (Lipinski definition) is 7. The van der Waals surface area contributed by atoms with Crippen LogP contribution in [0.15, 0.2) is 66.9 Å². The molecule has 3 atom stereocenters. The maximum atomic E-state index is 14.5. The van der Waals surface area contributed by atoms with Crippen LogP contribution in [0.5, 0.6) is 0 Å². The zero-order chi connectivity index (χ0) is 30.3. The number of rotatable bonds is 10. The number of hydrogen-bond donors (Lipinski definition) is 2. The van der Waals surface area contributed by atoms with Crippen molar-refractivity contribution in [3.8, 4) is 0 Å². The zero-order valence-corrected chi connectivity index (χ0v) is 24.4. The molecule has 3 rings (SSSR count). The molecule has 220 valence electrons. The molecule has 10 nitrogen and oxygen atoms in total. The van der Waals surface area contributed by atoms with Crippen molar-refractivity contribution < 1.29 is 33.8 Å². The van der Waals surface area contributed by atoms with Gasteiger partial charge in [0.25, 0.3) is 11.6 Å². The summed E-state index contributed by atoms with van der Waals surface area (Å²) in [6.45, 7) is 9.75. The Kier molecular flexibility index (Phi) is 10.3. The molecule has 0 saturated heterocycles. The van der Waals surface area contributed by atoms with Gasteiger partial charge in [-0.3, -0.25) is 19.4 Å². The third-order valence-corrected chi connectivity index (χ3v) is 6.58. The number of nitrogens with zero attached hydrogens (tertiary/aromatic N) is 2. The van der Waals surface area contributed by atoms with E-state index in [0.29, 0.717) is 11.1 Å². The van der Waals surface area contributed by atoms with Crippen LogP contribution < -0.4 is 5.32 Å². The van der Waals surface area contributed by atoms with E-state index in [1.165, 1.54) is 22.9 Å². The van der Waals surface area contributed by atoms with Gasteiger partial charge in [0.2, 0.25) is 5.91 Å². The fraction of sp³-hybridized carbons (Fsp3) is 0.419. The molecule has 0 fully saturated rings. The summed E-state index contributed by atoms with van der Waals surface area (Å²) in [6, 6.07) is 15.4. The molecular formula is C31H39N3O7. The lowest BCUT2D eigenvalue weighted by molar-refractivity contribution is -0.185. The number of nitrogens with one attached hydrogen (secondary N) is 1. The lowest BCUT2D eigenvalue weighted by Gasteiger charge is -2.47. The molecule has 0 aromatic heterocycles. The molecule has 2 aromatic rings. The molecule has 2 unspecified atom stereocenters. The minimum atomic E-state index is -2.65. The standard InChI is InChI=1S/C31H39N3O7/c1-7-40-30(38)33-19-25(24-16-12-9-13-17-24)34(28(36)27(33)20(2)3)26(18-23-14-10-8-11-15-23)31(39,32-22(6)35)29(37)41-21(4)5/h8-17,19-21,26-27,39H,7,18H2,1-6H3,(H,32,35)/t26-,27?,31?/m0/s1. The third kappa shape index (κ3) is 7.13. The Bertz CT molecular complexity index is 1260. The normalized spacial score (nSPS) is 17.5. The number of esters is 1. The molecule has 0 aliphatic carbocycles. The second kappa shape index (κ2) is 13.5. The Morgan fingerprint density at radius 1 is 1.00 bits per heavy atom. The molecule has 1 heterocycles. The predicted octanol–water partition coefficient (Wildman–Crippen LogP) is 3.70. The van der Waals surface area contributed by atoms with Gasteiger partial charge in [-0.05, 0) is 44.2 Å². The number of ether oxygens (including phenoxy) is 2. The smallest absolute Gasteiger partial charge is 0.414 e. The van der Waals surface area contributed by atoms with E-state index in [1.54, 1.807) is 89.2 Å². The van der Waals surface area contributed by atoms with Gasteiger partial charge in [-0.15, -0.1) is 0 Å². The van der Waals surface area contributed by atoms with Crippen molar-refractivity contribution in [2.45, 2.75) is 71.9 Å². The van der Waals surface area contributed by atoms with E-state index in [9.17, 15) is 24.3 Å². The second-order valence-corrected chi connectivity index (χ2v) is 10.5. The molecule has 0 saturated carbocycles. The summed E-state index contributed by atoms with van der Waals surface area (Å²) in [5.74, 6) is -2.75. The van der Waals surface area contributed by atoms with E-state index in [0.717, 1.165) is 0 Å². The topological polar surface area (TPSA) is 125 Å². The van der Waals surface area contributed by atoms with Crippen molar-refractivity contribution in [2.75, 3.05) is 6.61 Å². The number of benzene rings is 2. The molecule has 1 aliphatic rings. The summed E-state index contributed by atoms with van der Waals surface area (Å²) in [7, 11) is 0. The van der Waals surface area contributed by atoms with Crippen LogP contribution in [0.2, 0.25) is 0 Å². The third-order valence-electron chi connectivity index (χ3n) is 6.58. The fourth-order valence-corrected chi connectivity index (χ4v) is 4.87. The van der Waals surface area contributed by atoms with Crippen molar-refractivity contribution in [3.05, 3.63) is 78.0 Å². The Labute approximate surface area is 240 Å². The molecule has 2 aromatic carbocycles. The minimum Gasteiger partial charge on any atom is -0.459 e. The van der Waals surface area contributed by atoms with Crippen LogP contribution in [0.4, 0.5) is 4.79 Å². The van der Waals surface area contributed by atoms with Gasteiger partial charge in [0.15, 0.2) is 0 Å². The van der Waals surface area contributed by atoms with E-state index in [2.05, 4.69) is 5.32 Å². The first kappa shape index (κ1) is 31.3. The lowest BCUT2D eigenvalue weighted by Crippen LogP contribution is -2.70. The van der Waals surface area contributed by atoms with E-state index < -0.39 is 47.8 Å². The van der Waals surface area contributed by atoms with Crippen molar-refractivity contribution in [1.29, 1.82) is 0 Å². The van der Waals surface area contributed by atoms with Gasteiger partial charge in [-0.1, -0.05) is 74.5 Å². The van der Waals surface area contributed by atoms with Crippen LogP contribution in [0.1, 0.15) is 52.7 Å². The summed E-state index contributed by atoms with van der Waals surface area (Å²) in [5.41, 5.74) is -1.18. The molecule has 1 aliphatic heterocycles. The van der Waals surface area contributed by atoms with Crippen molar-refractivity contribution in [2.24, 2.45) is 5.92 Å². The first-order valence-electron chi connectivity index (χ1n) is 13.7. The summed E-state index contributed by atoms with van der Waals surface area (Å²) in [6.07, 6.45) is 0.136. The second-order valence-electron chi connectivity index (χ2n) is 10.5. The monoisotopic (exact) mass is 565 g/mol. The molecule has 2 N–H and O–H groups in total. The molecule has 0 bridgehead atoms. The maximum Gasteiger partial charge on any atom is 0.414 e. The highest BCUT2D eigenvalue weighted by Crippen LogP contribution is 2.36. The van der Waals surface area contributed by atoms with E-state index in [4.69, 9.17) is 9.47 Å². The maximum absolute atomic E-state index is 14.5. The predicted molar refractivity (Wildman–Crippen MR) is 153 cm³/mol. The van der Waals surface area contributed by atoms with Crippen molar-refractivity contribution in [1.82, 2.24) is 15.1 Å². The first-order valence-corrected chi connectivity index (χ1v) is 13.7. The van der Waals surface area contributed by atoms with Crippen molar-refractivity contribution in [3.63, 3.8) is 0 Å². The van der Waals surface area contributed by atoms with Gasteiger partial charge >= 0.3 is 12.1 Å². The van der Waals surface area contributed by atoms with Crippen LogP contribution in [0.25, 0.3) is 5.70 Å². The Balaban J connectivity index is 2.35. The average molecular weight is 566 g/mol. The lowest BCUT2D eigenvalue weighted by atomic mass is 9.89. The number of carbonyl (C=O) groups excluding carboxylic acids is 4. The van der Waals surface area contributed by atoms with E-state index >= 15 is 0 Å². The molecular weight excluding hydrogens is 526 g/mol. The van der Waals surface area contributed by atoms with Gasteiger partial charge in [-0.2, -0.15) is 0 Å². The summed E-state index contributed by atoms with van der Waals surface area (Å²) < 4.78 is 10.7. The van der Waals surface area contributed by atoms with E-state index in [1.807, 2.05) is 6.07 Å². The molecule has 3 amide bonds. The highest BCUT2D eigenvalue weighted by atomic mass is 16.6. The van der Waals surface area contributed by atoms with Crippen LogP contribution in [0, 0.1) is 5.92 Å². The SMILES string of the molecule is CCOC(=O)N1C=C(c2ccccc2)N([C@@H](Cc2ccccc2)C(O)(NC(C)=O)C(=O)OC(C)C)C(=O)C1C(C)C. The van der Waals surface area contributed by atoms with Crippen molar-refractivity contribution >= 4 is 29.6 Å². The summed E-state index contributed by atoms with van der Waals surface area (Å²) in [4.78, 5) is 56.2. The first-order chi connectivity index (χ1) is 19.4.